The molecule has 1 aromatic rings. The van der Waals surface area contributed by atoms with Gasteiger partial charge in [0.05, 0.1) is 6.61 Å². The number of nitrogens with zero attached hydrogens (tertiary/aromatic N) is 1. The highest BCUT2D eigenvalue weighted by Crippen LogP contribution is 2.17. The van der Waals surface area contributed by atoms with Gasteiger partial charge in [-0.25, -0.2) is 4.79 Å². The molecule has 1 atom stereocenters. The minimum Gasteiger partial charge on any atom is -0.494 e. The maximum absolute atomic E-state index is 11.8. The second kappa shape index (κ2) is 7.68. The standard InChI is InChI=1S/C18H28N2O3/c1-5-22-16-8-6-14(7-9-16)12-20-11-10-15(13-20)19-17(21)23-18(2,3)4/h6-9,15H,5,10-13H2,1-4H3,(H,19,21)/t15-/m1/s1. The molecule has 1 heterocycles. The van der Waals surface area contributed by atoms with E-state index in [1.54, 1.807) is 0 Å². The molecular formula is C18H28N2O3. The molecular weight excluding hydrogens is 292 g/mol. The van der Waals surface area contributed by atoms with Crippen LogP contribution in [0.1, 0.15) is 39.7 Å². The van der Waals surface area contributed by atoms with E-state index >= 15 is 0 Å². The smallest absolute Gasteiger partial charge is 0.407 e. The van der Waals surface area contributed by atoms with Crippen molar-refractivity contribution >= 4 is 6.09 Å². The zero-order valence-corrected chi connectivity index (χ0v) is 14.6. The largest absolute Gasteiger partial charge is 0.494 e. The van der Waals surface area contributed by atoms with Crippen LogP contribution in [0.25, 0.3) is 0 Å². The van der Waals surface area contributed by atoms with Gasteiger partial charge in [0.2, 0.25) is 0 Å². The third-order valence-electron chi connectivity index (χ3n) is 3.63. The van der Waals surface area contributed by atoms with E-state index in [9.17, 15) is 4.79 Å². The minimum absolute atomic E-state index is 0.160. The first kappa shape index (κ1) is 17.6. The van der Waals surface area contributed by atoms with Crippen molar-refractivity contribution in [3.63, 3.8) is 0 Å². The van der Waals surface area contributed by atoms with Crippen LogP contribution < -0.4 is 10.1 Å². The van der Waals surface area contributed by atoms with Crippen molar-refractivity contribution in [2.75, 3.05) is 19.7 Å². The Morgan fingerprint density at radius 1 is 1.30 bits per heavy atom. The zero-order valence-electron chi connectivity index (χ0n) is 14.6. The molecule has 0 saturated carbocycles. The Balaban J connectivity index is 1.77. The summed E-state index contributed by atoms with van der Waals surface area (Å²) in [4.78, 5) is 14.2. The van der Waals surface area contributed by atoms with Gasteiger partial charge in [-0.15, -0.1) is 0 Å². The number of ether oxygens (including phenoxy) is 2. The van der Waals surface area contributed by atoms with Crippen molar-refractivity contribution in [2.24, 2.45) is 0 Å². The van der Waals surface area contributed by atoms with Crippen molar-refractivity contribution in [1.82, 2.24) is 10.2 Å². The first-order valence-electron chi connectivity index (χ1n) is 8.29. The van der Waals surface area contributed by atoms with Crippen LogP contribution in [0.4, 0.5) is 4.79 Å². The molecule has 5 heteroatoms. The number of alkyl carbamates (subject to hydrolysis) is 1. The van der Waals surface area contributed by atoms with Gasteiger partial charge in [-0.3, -0.25) is 4.90 Å². The predicted molar refractivity (Wildman–Crippen MR) is 90.7 cm³/mol. The summed E-state index contributed by atoms with van der Waals surface area (Å²) in [7, 11) is 0. The molecule has 1 aliphatic rings. The Morgan fingerprint density at radius 3 is 2.61 bits per heavy atom. The third-order valence-corrected chi connectivity index (χ3v) is 3.63. The molecule has 1 fully saturated rings. The van der Waals surface area contributed by atoms with Gasteiger partial charge in [-0.05, 0) is 51.8 Å². The quantitative estimate of drug-likeness (QED) is 0.905. The van der Waals surface area contributed by atoms with E-state index in [2.05, 4.69) is 22.3 Å². The lowest BCUT2D eigenvalue weighted by Gasteiger charge is -2.22. The fourth-order valence-electron chi connectivity index (χ4n) is 2.68. The van der Waals surface area contributed by atoms with E-state index < -0.39 is 5.60 Å². The monoisotopic (exact) mass is 320 g/mol. The van der Waals surface area contributed by atoms with E-state index in [4.69, 9.17) is 9.47 Å². The number of rotatable bonds is 5. The molecule has 1 aliphatic heterocycles. The van der Waals surface area contributed by atoms with E-state index in [-0.39, 0.29) is 12.1 Å². The first-order valence-corrected chi connectivity index (χ1v) is 8.29. The van der Waals surface area contributed by atoms with Gasteiger partial charge < -0.3 is 14.8 Å². The van der Waals surface area contributed by atoms with Crippen LogP contribution in [-0.2, 0) is 11.3 Å². The second-order valence-electron chi connectivity index (χ2n) is 6.94. The third kappa shape index (κ3) is 6.10. The first-order chi connectivity index (χ1) is 10.9. The molecule has 0 unspecified atom stereocenters. The number of carbonyl (C=O) groups is 1. The second-order valence-corrected chi connectivity index (χ2v) is 6.94. The van der Waals surface area contributed by atoms with Crippen molar-refractivity contribution in [3.8, 4) is 5.75 Å². The van der Waals surface area contributed by atoms with Crippen LogP contribution in [0.15, 0.2) is 24.3 Å². The van der Waals surface area contributed by atoms with E-state index in [1.165, 1.54) is 5.56 Å². The number of nitrogens with one attached hydrogen (secondary N) is 1. The summed E-state index contributed by atoms with van der Waals surface area (Å²) in [5.41, 5.74) is 0.802. The highest BCUT2D eigenvalue weighted by molar-refractivity contribution is 5.68. The molecule has 2 rings (SSSR count). The number of carbonyl (C=O) groups excluding carboxylic acids is 1. The van der Waals surface area contributed by atoms with Gasteiger partial charge in [0.1, 0.15) is 11.4 Å². The van der Waals surface area contributed by atoms with E-state index in [1.807, 2.05) is 39.8 Å². The van der Waals surface area contributed by atoms with Crippen LogP contribution in [0, 0.1) is 0 Å². The number of likely N-dealkylation sites (tertiary alicyclic amines) is 1. The molecule has 0 aliphatic carbocycles. The van der Waals surface area contributed by atoms with Crippen molar-refractivity contribution in [1.29, 1.82) is 0 Å². The SMILES string of the molecule is CCOc1ccc(CN2CC[C@@H](NC(=O)OC(C)(C)C)C2)cc1. The Labute approximate surface area is 139 Å². The molecule has 23 heavy (non-hydrogen) atoms. The average Bonchev–Trinajstić information content (AvgIpc) is 2.86. The Morgan fingerprint density at radius 2 is 2.00 bits per heavy atom. The lowest BCUT2D eigenvalue weighted by molar-refractivity contribution is 0.0505. The van der Waals surface area contributed by atoms with E-state index in [0.29, 0.717) is 6.61 Å². The van der Waals surface area contributed by atoms with Crippen LogP contribution in [0.2, 0.25) is 0 Å². The van der Waals surface area contributed by atoms with Crippen LogP contribution in [0.5, 0.6) is 5.75 Å². The number of benzene rings is 1. The van der Waals surface area contributed by atoms with Gasteiger partial charge in [0, 0.05) is 25.7 Å². The lowest BCUT2D eigenvalue weighted by atomic mass is 10.2. The summed E-state index contributed by atoms with van der Waals surface area (Å²) in [6.07, 6.45) is 0.626. The summed E-state index contributed by atoms with van der Waals surface area (Å²) in [5.74, 6) is 0.905. The summed E-state index contributed by atoms with van der Waals surface area (Å²) < 4.78 is 10.8. The molecule has 128 valence electrons. The maximum atomic E-state index is 11.8. The minimum atomic E-state index is -0.454. The molecule has 1 N–H and O–H groups in total. The van der Waals surface area contributed by atoms with Gasteiger partial charge in [-0.2, -0.15) is 0 Å². The summed E-state index contributed by atoms with van der Waals surface area (Å²) >= 11 is 0. The summed E-state index contributed by atoms with van der Waals surface area (Å²) in [5, 5.41) is 2.95. The maximum Gasteiger partial charge on any atom is 0.407 e. The van der Waals surface area contributed by atoms with Gasteiger partial charge in [-0.1, -0.05) is 12.1 Å². The normalized spacial score (nSPS) is 18.7. The fourth-order valence-corrected chi connectivity index (χ4v) is 2.68. The zero-order chi connectivity index (χ0) is 16.9. The Bertz CT molecular complexity index is 508. The highest BCUT2D eigenvalue weighted by atomic mass is 16.6. The van der Waals surface area contributed by atoms with Crippen LogP contribution >= 0.6 is 0 Å². The molecule has 0 bridgehead atoms. The van der Waals surface area contributed by atoms with Crippen molar-refractivity contribution < 1.29 is 14.3 Å². The molecule has 0 spiro atoms. The average molecular weight is 320 g/mol. The van der Waals surface area contributed by atoms with Crippen LogP contribution in [-0.4, -0.2) is 42.3 Å². The van der Waals surface area contributed by atoms with Crippen LogP contribution in [0.3, 0.4) is 0 Å². The predicted octanol–water partition coefficient (Wildman–Crippen LogP) is 3.18. The lowest BCUT2D eigenvalue weighted by Crippen LogP contribution is -2.40. The number of hydrogen-bond donors (Lipinski definition) is 1. The number of amides is 1. The Hall–Kier alpha value is -1.75. The molecule has 1 aromatic carbocycles. The Kier molecular flexibility index (Phi) is 5.88. The topological polar surface area (TPSA) is 50.8 Å². The molecule has 0 radical (unpaired) electrons. The fraction of sp³-hybridized carbons (Fsp3) is 0.611. The number of hydrogen-bond acceptors (Lipinski definition) is 4. The van der Waals surface area contributed by atoms with Crippen molar-refractivity contribution in [3.05, 3.63) is 29.8 Å². The molecule has 0 aromatic heterocycles. The summed E-state index contributed by atoms with van der Waals surface area (Å²) in [6, 6.07) is 8.36. The van der Waals surface area contributed by atoms with Crippen molar-refractivity contribution in [2.45, 2.75) is 52.3 Å². The van der Waals surface area contributed by atoms with Gasteiger partial charge in [0.25, 0.3) is 0 Å². The molecule has 5 nitrogen and oxygen atoms in total. The molecule has 1 saturated heterocycles. The van der Waals surface area contributed by atoms with E-state index in [0.717, 1.165) is 31.8 Å². The highest BCUT2D eigenvalue weighted by Gasteiger charge is 2.26. The van der Waals surface area contributed by atoms with Gasteiger partial charge >= 0.3 is 6.09 Å². The summed E-state index contributed by atoms with van der Waals surface area (Å²) in [6.45, 7) is 11.0. The molecule has 1 amide bonds. The van der Waals surface area contributed by atoms with Gasteiger partial charge in [0.15, 0.2) is 0 Å².